The van der Waals surface area contributed by atoms with Crippen LogP contribution in [0.15, 0.2) is 24.3 Å². The van der Waals surface area contributed by atoms with Gasteiger partial charge in [0, 0.05) is 0 Å². The molecule has 0 spiro atoms. The van der Waals surface area contributed by atoms with Crippen molar-refractivity contribution in [3.8, 4) is 0 Å². The van der Waals surface area contributed by atoms with Crippen molar-refractivity contribution in [2.24, 2.45) is 0 Å². The normalized spacial score (nSPS) is 10.9. The molecule has 0 radical (unpaired) electrons. The zero-order chi connectivity index (χ0) is 8.97. The molecule has 0 unspecified atom stereocenters. The molecular formula is C11H14O. The predicted octanol–water partition coefficient (Wildman–Crippen LogP) is 2.31. The molecule has 0 amide bonds. The molecule has 0 aromatic heterocycles. The van der Waals surface area contributed by atoms with Gasteiger partial charge in [-0.3, -0.25) is 0 Å². The van der Waals surface area contributed by atoms with Crippen molar-refractivity contribution in [2.75, 3.05) is 6.61 Å². The van der Waals surface area contributed by atoms with Gasteiger partial charge >= 0.3 is 0 Å². The zero-order valence-electron chi connectivity index (χ0n) is 7.54. The Kier molecular flexibility index (Phi) is 3.06. The zero-order valence-corrected chi connectivity index (χ0v) is 7.54. The van der Waals surface area contributed by atoms with Crippen LogP contribution in [-0.2, 0) is 0 Å². The molecule has 12 heavy (non-hydrogen) atoms. The van der Waals surface area contributed by atoms with Crippen LogP contribution in [0.25, 0.3) is 6.08 Å². The van der Waals surface area contributed by atoms with Gasteiger partial charge in [-0.1, -0.05) is 30.4 Å². The van der Waals surface area contributed by atoms with Crippen molar-refractivity contribution >= 4 is 6.08 Å². The molecule has 0 saturated heterocycles. The van der Waals surface area contributed by atoms with E-state index in [1.807, 2.05) is 6.08 Å². The minimum absolute atomic E-state index is 0.104. The summed E-state index contributed by atoms with van der Waals surface area (Å²) < 4.78 is 0. The molecule has 1 rings (SSSR count). The molecule has 64 valence electrons. The molecule has 0 fully saturated rings. The first-order chi connectivity index (χ1) is 5.74. The Morgan fingerprint density at radius 3 is 2.58 bits per heavy atom. The molecule has 0 aliphatic rings. The molecule has 0 bridgehead atoms. The molecule has 0 atom stereocenters. The smallest absolute Gasteiger partial charge is 0.0615 e. The Labute approximate surface area is 73.4 Å². The highest BCUT2D eigenvalue weighted by atomic mass is 16.2. The molecule has 0 saturated carbocycles. The predicted molar refractivity (Wildman–Crippen MR) is 52.0 cm³/mol. The second-order valence-electron chi connectivity index (χ2n) is 2.93. The van der Waals surface area contributed by atoms with Crippen LogP contribution in [0.4, 0.5) is 0 Å². The number of aliphatic hydroxyl groups is 1. The Bertz CT molecular complexity index is 287. The summed E-state index contributed by atoms with van der Waals surface area (Å²) >= 11 is 0. The van der Waals surface area contributed by atoms with Crippen molar-refractivity contribution in [3.05, 3.63) is 41.0 Å². The fourth-order valence-electron chi connectivity index (χ4n) is 1.06. The van der Waals surface area contributed by atoms with Crippen LogP contribution >= 0.6 is 0 Å². The van der Waals surface area contributed by atoms with Crippen LogP contribution in [0.2, 0.25) is 0 Å². The molecule has 1 aromatic rings. The highest BCUT2D eigenvalue weighted by molar-refractivity contribution is 5.51. The molecule has 1 N–H and O–H groups in total. The van der Waals surface area contributed by atoms with Gasteiger partial charge in [0.05, 0.1) is 6.61 Å². The summed E-state index contributed by atoms with van der Waals surface area (Å²) in [4.78, 5) is 0. The van der Waals surface area contributed by atoms with Crippen LogP contribution in [0, 0.1) is 13.8 Å². The van der Waals surface area contributed by atoms with E-state index < -0.39 is 0 Å². The maximum Gasteiger partial charge on any atom is 0.0615 e. The van der Waals surface area contributed by atoms with E-state index in [1.165, 1.54) is 11.1 Å². The fraction of sp³-hybridized carbons (Fsp3) is 0.273. The molecule has 1 aromatic carbocycles. The van der Waals surface area contributed by atoms with Crippen LogP contribution in [-0.4, -0.2) is 11.7 Å². The molecule has 0 aliphatic carbocycles. The monoisotopic (exact) mass is 162 g/mol. The van der Waals surface area contributed by atoms with Crippen LogP contribution in [0.5, 0.6) is 0 Å². The third kappa shape index (κ3) is 2.21. The van der Waals surface area contributed by atoms with Crippen molar-refractivity contribution in [1.29, 1.82) is 0 Å². The van der Waals surface area contributed by atoms with Crippen molar-refractivity contribution < 1.29 is 5.11 Å². The number of benzene rings is 1. The maximum atomic E-state index is 8.56. The second-order valence-corrected chi connectivity index (χ2v) is 2.93. The van der Waals surface area contributed by atoms with Crippen LogP contribution in [0.1, 0.15) is 16.7 Å². The summed E-state index contributed by atoms with van der Waals surface area (Å²) in [6.45, 7) is 4.29. The number of aryl methyl sites for hydroxylation is 2. The average Bonchev–Trinajstić information content (AvgIpc) is 2.07. The first-order valence-electron chi connectivity index (χ1n) is 4.08. The molecular weight excluding hydrogens is 148 g/mol. The maximum absolute atomic E-state index is 8.56. The van der Waals surface area contributed by atoms with E-state index in [2.05, 4.69) is 32.0 Å². The van der Waals surface area contributed by atoms with Gasteiger partial charge in [-0.05, 0) is 30.5 Å². The summed E-state index contributed by atoms with van der Waals surface area (Å²) in [5, 5.41) is 8.56. The molecule has 1 nitrogen and oxygen atoms in total. The Morgan fingerprint density at radius 1 is 1.25 bits per heavy atom. The number of hydrogen-bond donors (Lipinski definition) is 1. The van der Waals surface area contributed by atoms with E-state index in [9.17, 15) is 0 Å². The van der Waals surface area contributed by atoms with Crippen molar-refractivity contribution in [3.63, 3.8) is 0 Å². The lowest BCUT2D eigenvalue weighted by molar-refractivity contribution is 0.343. The Hall–Kier alpha value is -1.08. The van der Waals surface area contributed by atoms with Gasteiger partial charge in [0.15, 0.2) is 0 Å². The SMILES string of the molecule is Cc1ccc(/C=C\CO)cc1C. The largest absolute Gasteiger partial charge is 0.392 e. The van der Waals surface area contributed by atoms with Crippen LogP contribution in [0.3, 0.4) is 0 Å². The first kappa shape index (κ1) is 9.01. The van der Waals surface area contributed by atoms with Crippen molar-refractivity contribution in [1.82, 2.24) is 0 Å². The summed E-state index contributed by atoms with van der Waals surface area (Å²) in [7, 11) is 0. The third-order valence-corrected chi connectivity index (χ3v) is 1.95. The standard InChI is InChI=1S/C11H14O/c1-9-5-6-11(4-3-7-12)8-10(9)2/h3-6,8,12H,7H2,1-2H3/b4-3-. The van der Waals surface area contributed by atoms with Gasteiger partial charge in [-0.25, -0.2) is 0 Å². The van der Waals surface area contributed by atoms with E-state index >= 15 is 0 Å². The van der Waals surface area contributed by atoms with Gasteiger partial charge in [-0.2, -0.15) is 0 Å². The highest BCUT2D eigenvalue weighted by Crippen LogP contribution is 2.10. The van der Waals surface area contributed by atoms with Crippen molar-refractivity contribution in [2.45, 2.75) is 13.8 Å². The Morgan fingerprint density at radius 2 is 2.00 bits per heavy atom. The quantitative estimate of drug-likeness (QED) is 0.707. The van der Waals surface area contributed by atoms with Gasteiger partial charge < -0.3 is 5.11 Å². The highest BCUT2D eigenvalue weighted by Gasteiger charge is 1.91. The molecule has 0 heterocycles. The lowest BCUT2D eigenvalue weighted by atomic mass is 10.1. The summed E-state index contributed by atoms with van der Waals surface area (Å²) in [6, 6.07) is 6.25. The van der Waals surface area contributed by atoms with Crippen LogP contribution < -0.4 is 0 Å². The van der Waals surface area contributed by atoms with Gasteiger partial charge in [-0.15, -0.1) is 0 Å². The van der Waals surface area contributed by atoms with E-state index in [-0.39, 0.29) is 6.61 Å². The average molecular weight is 162 g/mol. The minimum Gasteiger partial charge on any atom is -0.392 e. The lowest BCUT2D eigenvalue weighted by Gasteiger charge is -2.00. The number of hydrogen-bond acceptors (Lipinski definition) is 1. The molecule has 1 heteroatoms. The van der Waals surface area contributed by atoms with Gasteiger partial charge in [0.1, 0.15) is 0 Å². The molecule has 0 aliphatic heterocycles. The van der Waals surface area contributed by atoms with E-state index in [1.54, 1.807) is 6.08 Å². The summed E-state index contributed by atoms with van der Waals surface area (Å²) in [5.74, 6) is 0. The fourth-order valence-corrected chi connectivity index (χ4v) is 1.06. The lowest BCUT2D eigenvalue weighted by Crippen LogP contribution is -1.81. The topological polar surface area (TPSA) is 20.2 Å². The Balaban J connectivity index is 2.89. The van der Waals surface area contributed by atoms with Gasteiger partial charge in [0.2, 0.25) is 0 Å². The van der Waals surface area contributed by atoms with E-state index in [0.29, 0.717) is 0 Å². The summed E-state index contributed by atoms with van der Waals surface area (Å²) in [5.41, 5.74) is 3.73. The minimum atomic E-state index is 0.104. The van der Waals surface area contributed by atoms with E-state index in [0.717, 1.165) is 5.56 Å². The first-order valence-corrected chi connectivity index (χ1v) is 4.08. The van der Waals surface area contributed by atoms with E-state index in [4.69, 9.17) is 5.11 Å². The third-order valence-electron chi connectivity index (χ3n) is 1.95. The number of aliphatic hydroxyl groups excluding tert-OH is 1. The van der Waals surface area contributed by atoms with Gasteiger partial charge in [0.25, 0.3) is 0 Å². The summed E-state index contributed by atoms with van der Waals surface area (Å²) in [6.07, 6.45) is 3.66. The second kappa shape index (κ2) is 4.07. The number of rotatable bonds is 2.